The molecule has 1 N–H and O–H groups in total. The van der Waals surface area contributed by atoms with Crippen molar-refractivity contribution in [1.82, 2.24) is 5.32 Å². The standard InChI is InChI=1S/C21H27N3O7S/c1-5-8-15(2)22-21(25)14-23(17-12-11-16(30-3)13-19(17)31-4)32(28,29)20-10-7-6-9-18(20)24(26)27/h6-7,9-13,15H,5,8,14H2,1-4H3,(H,22,25)/t15-/m0/s1. The lowest BCUT2D eigenvalue weighted by atomic mass is 10.2. The van der Waals surface area contributed by atoms with Crippen LogP contribution in [0.15, 0.2) is 47.4 Å². The molecule has 2 rings (SSSR count). The van der Waals surface area contributed by atoms with Gasteiger partial charge in [-0.05, 0) is 31.5 Å². The molecule has 0 aliphatic carbocycles. The predicted molar refractivity (Wildman–Crippen MR) is 120 cm³/mol. The number of nitrogens with zero attached hydrogens (tertiary/aromatic N) is 2. The van der Waals surface area contributed by atoms with E-state index in [0.717, 1.165) is 22.9 Å². The number of benzene rings is 2. The van der Waals surface area contributed by atoms with Crippen LogP contribution in [0.4, 0.5) is 11.4 Å². The lowest BCUT2D eigenvalue weighted by molar-refractivity contribution is -0.387. The number of ether oxygens (including phenoxy) is 2. The number of methoxy groups -OCH3 is 2. The highest BCUT2D eigenvalue weighted by atomic mass is 32.2. The Balaban J connectivity index is 2.61. The summed E-state index contributed by atoms with van der Waals surface area (Å²) in [4.78, 5) is 22.9. The summed E-state index contributed by atoms with van der Waals surface area (Å²) < 4.78 is 38.5. The summed E-state index contributed by atoms with van der Waals surface area (Å²) in [6.07, 6.45) is 1.56. The van der Waals surface area contributed by atoms with Gasteiger partial charge in [0.1, 0.15) is 18.0 Å². The second-order valence-corrected chi connectivity index (χ2v) is 8.86. The SMILES string of the molecule is CCC[C@H](C)NC(=O)CN(c1ccc(OC)cc1OC)S(=O)(=O)c1ccccc1[N+](=O)[O-]. The van der Waals surface area contributed by atoms with Gasteiger partial charge < -0.3 is 14.8 Å². The number of hydrogen-bond acceptors (Lipinski definition) is 7. The molecule has 32 heavy (non-hydrogen) atoms. The van der Waals surface area contributed by atoms with Gasteiger partial charge in [-0.15, -0.1) is 0 Å². The van der Waals surface area contributed by atoms with Gasteiger partial charge in [0.15, 0.2) is 4.90 Å². The van der Waals surface area contributed by atoms with Crippen LogP contribution in [0.2, 0.25) is 0 Å². The first-order chi connectivity index (χ1) is 15.1. The van der Waals surface area contributed by atoms with Crippen LogP contribution >= 0.6 is 0 Å². The van der Waals surface area contributed by atoms with Crippen LogP contribution in [0.1, 0.15) is 26.7 Å². The molecule has 0 radical (unpaired) electrons. The minimum Gasteiger partial charge on any atom is -0.497 e. The van der Waals surface area contributed by atoms with E-state index in [1.807, 2.05) is 13.8 Å². The molecule has 0 bridgehead atoms. The smallest absolute Gasteiger partial charge is 0.289 e. The molecular weight excluding hydrogens is 438 g/mol. The van der Waals surface area contributed by atoms with Gasteiger partial charge in [-0.3, -0.25) is 19.2 Å². The number of hydrogen-bond donors (Lipinski definition) is 1. The predicted octanol–water partition coefficient (Wildman–Crippen LogP) is 3.11. The third-order valence-corrected chi connectivity index (χ3v) is 6.51. The Kier molecular flexibility index (Phi) is 8.41. The first kappa shape index (κ1) is 24.9. The molecule has 174 valence electrons. The fourth-order valence-electron chi connectivity index (χ4n) is 3.19. The molecule has 0 saturated carbocycles. The van der Waals surface area contributed by atoms with Crippen LogP contribution in [0, 0.1) is 10.1 Å². The van der Waals surface area contributed by atoms with Crippen LogP contribution in [0.3, 0.4) is 0 Å². The van der Waals surface area contributed by atoms with E-state index in [4.69, 9.17) is 9.47 Å². The molecule has 1 atom stereocenters. The minimum absolute atomic E-state index is 0.0461. The Morgan fingerprint density at radius 2 is 1.88 bits per heavy atom. The Labute approximate surface area is 187 Å². The normalized spacial score (nSPS) is 12.0. The molecule has 0 fully saturated rings. The number of carbonyl (C=O) groups excluding carboxylic acids is 1. The molecule has 0 spiro atoms. The molecule has 1 amide bonds. The van der Waals surface area contributed by atoms with Crippen molar-refractivity contribution in [3.05, 3.63) is 52.6 Å². The molecule has 0 saturated heterocycles. The molecule has 10 nitrogen and oxygen atoms in total. The van der Waals surface area contributed by atoms with Gasteiger partial charge in [-0.2, -0.15) is 0 Å². The zero-order valence-corrected chi connectivity index (χ0v) is 19.2. The number of anilines is 1. The molecule has 0 heterocycles. The number of amides is 1. The van der Waals surface area contributed by atoms with Crippen LogP contribution in [-0.4, -0.2) is 46.1 Å². The van der Waals surface area contributed by atoms with E-state index in [9.17, 15) is 23.3 Å². The van der Waals surface area contributed by atoms with Gasteiger partial charge in [0, 0.05) is 18.2 Å². The Bertz CT molecular complexity index is 1070. The third kappa shape index (κ3) is 5.67. The summed E-state index contributed by atoms with van der Waals surface area (Å²) in [6, 6.07) is 9.22. The lowest BCUT2D eigenvalue weighted by Crippen LogP contribution is -2.43. The molecule has 0 aliphatic heterocycles. The topological polar surface area (TPSA) is 128 Å². The van der Waals surface area contributed by atoms with Crippen LogP contribution in [0.25, 0.3) is 0 Å². The summed E-state index contributed by atoms with van der Waals surface area (Å²) in [5.41, 5.74) is -0.547. The Hall–Kier alpha value is -3.34. The van der Waals surface area contributed by atoms with Crippen molar-refractivity contribution in [1.29, 1.82) is 0 Å². The Morgan fingerprint density at radius 1 is 1.19 bits per heavy atom. The van der Waals surface area contributed by atoms with E-state index in [2.05, 4.69) is 5.32 Å². The maximum atomic E-state index is 13.6. The zero-order chi connectivity index (χ0) is 23.9. The van der Waals surface area contributed by atoms with E-state index < -0.39 is 38.0 Å². The fourth-order valence-corrected chi connectivity index (χ4v) is 4.78. The van der Waals surface area contributed by atoms with Gasteiger partial charge in [0.2, 0.25) is 5.91 Å². The zero-order valence-electron chi connectivity index (χ0n) is 18.4. The van der Waals surface area contributed by atoms with Gasteiger partial charge in [-0.1, -0.05) is 25.5 Å². The summed E-state index contributed by atoms with van der Waals surface area (Å²) >= 11 is 0. The van der Waals surface area contributed by atoms with Crippen LogP contribution in [-0.2, 0) is 14.8 Å². The van der Waals surface area contributed by atoms with E-state index >= 15 is 0 Å². The quantitative estimate of drug-likeness (QED) is 0.399. The van der Waals surface area contributed by atoms with Crippen LogP contribution in [0.5, 0.6) is 11.5 Å². The fraction of sp³-hybridized carbons (Fsp3) is 0.381. The maximum absolute atomic E-state index is 13.6. The van der Waals surface area contributed by atoms with Gasteiger partial charge >= 0.3 is 0 Å². The molecule has 11 heteroatoms. The molecule has 2 aromatic carbocycles. The summed E-state index contributed by atoms with van der Waals surface area (Å²) in [6.45, 7) is 3.19. The first-order valence-electron chi connectivity index (χ1n) is 9.93. The average Bonchev–Trinajstić information content (AvgIpc) is 2.77. The minimum atomic E-state index is -4.52. The highest BCUT2D eigenvalue weighted by Crippen LogP contribution is 2.37. The van der Waals surface area contributed by atoms with Crippen molar-refractivity contribution in [2.45, 2.75) is 37.6 Å². The number of nitrogens with one attached hydrogen (secondary N) is 1. The Morgan fingerprint density at radius 3 is 2.47 bits per heavy atom. The first-order valence-corrected chi connectivity index (χ1v) is 11.4. The van der Waals surface area contributed by atoms with E-state index in [-0.39, 0.29) is 17.5 Å². The van der Waals surface area contributed by atoms with E-state index in [1.54, 1.807) is 0 Å². The lowest BCUT2D eigenvalue weighted by Gasteiger charge is -2.26. The van der Waals surface area contributed by atoms with Crippen LogP contribution < -0.4 is 19.1 Å². The maximum Gasteiger partial charge on any atom is 0.289 e. The number of carbonyl (C=O) groups is 1. The molecule has 0 aromatic heterocycles. The summed E-state index contributed by atoms with van der Waals surface area (Å²) in [5, 5.41) is 14.2. The van der Waals surface area contributed by atoms with Gasteiger partial charge in [-0.25, -0.2) is 8.42 Å². The molecule has 2 aromatic rings. The van der Waals surface area contributed by atoms with Gasteiger partial charge in [0.25, 0.3) is 15.7 Å². The number of nitro benzene ring substituents is 1. The largest absolute Gasteiger partial charge is 0.497 e. The monoisotopic (exact) mass is 465 g/mol. The van der Waals surface area contributed by atoms with E-state index in [1.165, 1.54) is 44.6 Å². The van der Waals surface area contributed by atoms with Crippen molar-refractivity contribution in [3.63, 3.8) is 0 Å². The molecule has 0 unspecified atom stereocenters. The molecule has 0 aliphatic rings. The average molecular weight is 466 g/mol. The highest BCUT2D eigenvalue weighted by molar-refractivity contribution is 7.93. The van der Waals surface area contributed by atoms with Crippen molar-refractivity contribution in [3.8, 4) is 11.5 Å². The van der Waals surface area contributed by atoms with E-state index in [0.29, 0.717) is 12.2 Å². The molecular formula is C21H27N3O7S. The number of para-hydroxylation sites is 1. The summed E-state index contributed by atoms with van der Waals surface area (Å²) in [7, 11) is -1.73. The van der Waals surface area contributed by atoms with Crippen molar-refractivity contribution in [2.75, 3.05) is 25.1 Å². The second kappa shape index (κ2) is 10.8. The van der Waals surface area contributed by atoms with Crippen molar-refractivity contribution >= 4 is 27.3 Å². The second-order valence-electron chi connectivity index (χ2n) is 7.03. The van der Waals surface area contributed by atoms with Crippen molar-refractivity contribution < 1.29 is 27.6 Å². The number of rotatable bonds is 11. The third-order valence-electron chi connectivity index (χ3n) is 4.70. The summed E-state index contributed by atoms with van der Waals surface area (Å²) in [5.74, 6) is -0.0124. The number of nitro groups is 1. The van der Waals surface area contributed by atoms with Crippen molar-refractivity contribution in [2.24, 2.45) is 0 Å². The number of sulfonamides is 1. The van der Waals surface area contributed by atoms with Gasteiger partial charge in [0.05, 0.1) is 24.8 Å². The highest BCUT2D eigenvalue weighted by Gasteiger charge is 2.34.